The standard InChI is InChI=1S/C14H18BrNO/c1-10-3-4-12(7-11(10)2)13(17)16-9-14(8-15)5-6-14/h3-4,7H,5-6,8-9H2,1-2H3,(H,16,17). The van der Waals surface area contributed by atoms with Crippen molar-refractivity contribution in [3.63, 3.8) is 0 Å². The zero-order valence-corrected chi connectivity index (χ0v) is 11.9. The molecular weight excluding hydrogens is 278 g/mol. The van der Waals surface area contributed by atoms with Crippen molar-refractivity contribution in [3.05, 3.63) is 34.9 Å². The number of hydrogen-bond acceptors (Lipinski definition) is 1. The minimum absolute atomic E-state index is 0.0420. The van der Waals surface area contributed by atoms with Crippen LogP contribution in [0.15, 0.2) is 18.2 Å². The predicted octanol–water partition coefficient (Wildman–Crippen LogP) is 3.21. The van der Waals surface area contributed by atoms with E-state index < -0.39 is 0 Å². The van der Waals surface area contributed by atoms with E-state index in [0.29, 0.717) is 5.41 Å². The second-order valence-corrected chi connectivity index (χ2v) is 5.68. The molecule has 2 rings (SSSR count). The largest absolute Gasteiger partial charge is 0.351 e. The number of alkyl halides is 1. The molecule has 0 spiro atoms. The summed E-state index contributed by atoms with van der Waals surface area (Å²) >= 11 is 3.51. The molecule has 0 radical (unpaired) electrons. The second-order valence-electron chi connectivity index (χ2n) is 5.12. The number of carbonyl (C=O) groups excluding carboxylic acids is 1. The number of benzene rings is 1. The monoisotopic (exact) mass is 295 g/mol. The number of hydrogen-bond donors (Lipinski definition) is 1. The van der Waals surface area contributed by atoms with Crippen LogP contribution in [-0.2, 0) is 0 Å². The van der Waals surface area contributed by atoms with Crippen LogP contribution in [-0.4, -0.2) is 17.8 Å². The van der Waals surface area contributed by atoms with Crippen LogP contribution in [0.2, 0.25) is 0 Å². The Kier molecular flexibility index (Phi) is 3.57. The minimum atomic E-state index is 0.0420. The van der Waals surface area contributed by atoms with Gasteiger partial charge in [-0.25, -0.2) is 0 Å². The maximum atomic E-state index is 12.0. The molecule has 92 valence electrons. The number of rotatable bonds is 4. The van der Waals surface area contributed by atoms with Crippen molar-refractivity contribution in [2.75, 3.05) is 11.9 Å². The van der Waals surface area contributed by atoms with Crippen molar-refractivity contribution >= 4 is 21.8 Å². The van der Waals surface area contributed by atoms with Gasteiger partial charge in [0, 0.05) is 17.4 Å². The van der Waals surface area contributed by atoms with Crippen LogP contribution in [0.25, 0.3) is 0 Å². The molecule has 0 saturated heterocycles. The van der Waals surface area contributed by atoms with Crippen molar-refractivity contribution in [2.24, 2.45) is 5.41 Å². The van der Waals surface area contributed by atoms with Crippen LogP contribution < -0.4 is 5.32 Å². The van der Waals surface area contributed by atoms with E-state index in [1.165, 1.54) is 24.0 Å². The van der Waals surface area contributed by atoms with E-state index in [1.54, 1.807) is 0 Å². The average Bonchev–Trinajstić information content (AvgIpc) is 3.10. The Balaban J connectivity index is 1.97. The number of carbonyl (C=O) groups is 1. The van der Waals surface area contributed by atoms with Gasteiger partial charge >= 0.3 is 0 Å². The topological polar surface area (TPSA) is 29.1 Å². The van der Waals surface area contributed by atoms with E-state index in [0.717, 1.165) is 17.4 Å². The van der Waals surface area contributed by atoms with Gasteiger partial charge in [-0.05, 0) is 55.4 Å². The molecule has 1 N–H and O–H groups in total. The van der Waals surface area contributed by atoms with E-state index in [1.807, 2.05) is 25.1 Å². The molecule has 1 amide bonds. The average molecular weight is 296 g/mol. The second kappa shape index (κ2) is 4.81. The first-order valence-corrected chi connectivity index (χ1v) is 7.10. The Labute approximate surface area is 111 Å². The highest BCUT2D eigenvalue weighted by molar-refractivity contribution is 9.09. The van der Waals surface area contributed by atoms with Crippen molar-refractivity contribution < 1.29 is 4.79 Å². The SMILES string of the molecule is Cc1ccc(C(=O)NCC2(CBr)CC2)cc1C. The Morgan fingerprint density at radius 3 is 2.59 bits per heavy atom. The lowest BCUT2D eigenvalue weighted by atomic mass is 10.1. The fourth-order valence-electron chi connectivity index (χ4n) is 1.79. The lowest BCUT2D eigenvalue weighted by Gasteiger charge is -2.13. The molecule has 1 aliphatic rings. The quantitative estimate of drug-likeness (QED) is 0.849. The van der Waals surface area contributed by atoms with Gasteiger partial charge in [-0.1, -0.05) is 22.0 Å². The maximum Gasteiger partial charge on any atom is 0.251 e. The summed E-state index contributed by atoms with van der Waals surface area (Å²) in [6, 6.07) is 5.85. The van der Waals surface area contributed by atoms with E-state index >= 15 is 0 Å². The van der Waals surface area contributed by atoms with Crippen molar-refractivity contribution in [3.8, 4) is 0 Å². The summed E-state index contributed by atoms with van der Waals surface area (Å²) in [4.78, 5) is 12.0. The number of aryl methyl sites for hydroxylation is 2. The van der Waals surface area contributed by atoms with E-state index in [4.69, 9.17) is 0 Å². The minimum Gasteiger partial charge on any atom is -0.351 e. The third-order valence-electron chi connectivity index (χ3n) is 3.63. The van der Waals surface area contributed by atoms with E-state index in [-0.39, 0.29) is 5.91 Å². The first-order valence-electron chi connectivity index (χ1n) is 5.98. The molecule has 3 heteroatoms. The zero-order valence-electron chi connectivity index (χ0n) is 10.3. The number of halogens is 1. The molecule has 0 aliphatic heterocycles. The van der Waals surface area contributed by atoms with Gasteiger partial charge in [-0.15, -0.1) is 0 Å². The summed E-state index contributed by atoms with van der Waals surface area (Å²) in [5, 5.41) is 4.01. The van der Waals surface area contributed by atoms with E-state index in [2.05, 4.69) is 28.2 Å². The molecule has 0 atom stereocenters. The predicted molar refractivity (Wildman–Crippen MR) is 73.7 cm³/mol. The van der Waals surface area contributed by atoms with Gasteiger partial charge in [0.2, 0.25) is 0 Å². The molecule has 0 aromatic heterocycles. The van der Waals surface area contributed by atoms with Crippen LogP contribution in [0.3, 0.4) is 0 Å². The molecule has 1 saturated carbocycles. The molecule has 2 nitrogen and oxygen atoms in total. The normalized spacial score (nSPS) is 16.6. The van der Waals surface area contributed by atoms with Crippen LogP contribution in [0.1, 0.15) is 34.3 Å². The van der Waals surface area contributed by atoms with Gasteiger partial charge < -0.3 is 5.32 Å². The number of amides is 1. The van der Waals surface area contributed by atoms with Gasteiger partial charge in [0.15, 0.2) is 0 Å². The first-order chi connectivity index (χ1) is 8.06. The molecule has 0 heterocycles. The van der Waals surface area contributed by atoms with Crippen LogP contribution in [0.4, 0.5) is 0 Å². The molecule has 1 fully saturated rings. The third-order valence-corrected chi connectivity index (χ3v) is 4.82. The lowest BCUT2D eigenvalue weighted by molar-refractivity contribution is 0.0946. The Morgan fingerprint density at radius 2 is 2.06 bits per heavy atom. The lowest BCUT2D eigenvalue weighted by Crippen LogP contribution is -2.30. The smallest absolute Gasteiger partial charge is 0.251 e. The van der Waals surface area contributed by atoms with Crippen molar-refractivity contribution in [1.82, 2.24) is 5.32 Å². The fraction of sp³-hybridized carbons (Fsp3) is 0.500. The summed E-state index contributed by atoms with van der Waals surface area (Å²) in [6.45, 7) is 4.87. The van der Waals surface area contributed by atoms with Gasteiger partial charge in [0.1, 0.15) is 0 Å². The summed E-state index contributed by atoms with van der Waals surface area (Å²) < 4.78 is 0. The van der Waals surface area contributed by atoms with Crippen molar-refractivity contribution in [1.29, 1.82) is 0 Å². The maximum absolute atomic E-state index is 12.0. The highest BCUT2D eigenvalue weighted by Gasteiger charge is 2.41. The Hall–Kier alpha value is -0.830. The van der Waals surface area contributed by atoms with Gasteiger partial charge in [0.25, 0.3) is 5.91 Å². The molecule has 0 bridgehead atoms. The zero-order chi connectivity index (χ0) is 12.5. The molecule has 1 aromatic rings. The van der Waals surface area contributed by atoms with Gasteiger partial charge in [-0.3, -0.25) is 4.79 Å². The fourth-order valence-corrected chi connectivity index (χ4v) is 2.55. The summed E-state index contributed by atoms with van der Waals surface area (Å²) in [5.41, 5.74) is 3.48. The molecule has 17 heavy (non-hydrogen) atoms. The Bertz CT molecular complexity index is 438. The molecule has 0 unspecified atom stereocenters. The van der Waals surface area contributed by atoms with Gasteiger partial charge in [-0.2, -0.15) is 0 Å². The molecule has 1 aliphatic carbocycles. The molecular formula is C14H18BrNO. The van der Waals surface area contributed by atoms with Crippen molar-refractivity contribution in [2.45, 2.75) is 26.7 Å². The van der Waals surface area contributed by atoms with Crippen LogP contribution in [0.5, 0.6) is 0 Å². The Morgan fingerprint density at radius 1 is 1.35 bits per heavy atom. The summed E-state index contributed by atoms with van der Waals surface area (Å²) in [7, 11) is 0. The highest BCUT2D eigenvalue weighted by Crippen LogP contribution is 2.46. The number of nitrogens with one attached hydrogen (secondary N) is 1. The van der Waals surface area contributed by atoms with E-state index in [9.17, 15) is 4.79 Å². The highest BCUT2D eigenvalue weighted by atomic mass is 79.9. The molecule has 1 aromatic carbocycles. The van der Waals surface area contributed by atoms with Crippen LogP contribution >= 0.6 is 15.9 Å². The first kappa shape index (κ1) is 12.6. The summed E-state index contributed by atoms with van der Waals surface area (Å²) in [6.07, 6.45) is 2.43. The van der Waals surface area contributed by atoms with Crippen LogP contribution in [0, 0.1) is 19.3 Å². The van der Waals surface area contributed by atoms with Gasteiger partial charge in [0.05, 0.1) is 0 Å². The third kappa shape index (κ3) is 2.89. The summed E-state index contributed by atoms with van der Waals surface area (Å²) in [5.74, 6) is 0.0420.